The van der Waals surface area contributed by atoms with Gasteiger partial charge in [0.1, 0.15) is 4.90 Å². The van der Waals surface area contributed by atoms with E-state index in [0.717, 1.165) is 29.7 Å². The van der Waals surface area contributed by atoms with Crippen LogP contribution in [-0.2, 0) is 30.4 Å². The lowest BCUT2D eigenvalue weighted by atomic mass is 10.3. The minimum Gasteiger partial charge on any atom is -1.00 e. The summed E-state index contributed by atoms with van der Waals surface area (Å²) in [6, 6.07) is 0. The molecule has 1 rings (SSSR count). The van der Waals surface area contributed by atoms with Gasteiger partial charge in [-0.15, -0.1) is 0 Å². The topological polar surface area (TPSA) is 200 Å². The molecule has 0 radical (unpaired) electrons. The molecule has 0 aliphatic carbocycles. The summed E-state index contributed by atoms with van der Waals surface area (Å²) in [6.45, 7) is 0. The maximum absolute atomic E-state index is 11.4. The molecule has 0 aliphatic heterocycles. The highest BCUT2D eigenvalue weighted by Crippen LogP contribution is 2.46. The maximum atomic E-state index is 11.4. The van der Waals surface area contributed by atoms with E-state index in [9.17, 15) is 25.3 Å². The fourth-order valence-electron chi connectivity index (χ4n) is 1.60. The molecule has 0 bridgehead atoms. The summed E-state index contributed by atoms with van der Waals surface area (Å²) in [5.41, 5.74) is -1.56. The molecule has 1 aromatic rings. The molecule has 0 spiro atoms. The third-order valence-corrected chi connectivity index (χ3v) is 6.58. The first kappa shape index (κ1) is 23.4. The fourth-order valence-corrected chi connectivity index (χ4v) is 6.44. The number of diazo groups is 1. The molecule has 0 aliphatic rings. The quantitative estimate of drug-likeness (QED) is 0.193. The monoisotopic (exact) mass is 580 g/mol. The summed E-state index contributed by atoms with van der Waals surface area (Å²) < 4.78 is 99.6. The van der Waals surface area contributed by atoms with Crippen LogP contribution in [0.25, 0.3) is 4.98 Å². The molecule has 24 heavy (non-hydrogen) atoms. The summed E-state index contributed by atoms with van der Waals surface area (Å²) in [6.07, 6.45) is 0. The van der Waals surface area contributed by atoms with E-state index in [2.05, 4.69) is 9.71 Å². The van der Waals surface area contributed by atoms with Crippen LogP contribution in [0.4, 0.5) is 5.69 Å². The van der Waals surface area contributed by atoms with E-state index in [4.69, 9.17) is 19.1 Å². The lowest BCUT2D eigenvalue weighted by Gasteiger charge is -2.12. The second kappa shape index (κ2) is 7.32. The standard InChI is InChI=1S/C7H5IN2O10S3.BrH/c1-20-4-2(8)5(21(11,12)13)7(23(17,18)19)3(10-9)6(4)22(14,15)16;/h1H3,(H2-,11,12,13,14,15,16,17,18,19);1H. The highest BCUT2D eigenvalue weighted by Gasteiger charge is 2.46. The predicted molar refractivity (Wildman–Crippen MR) is 79.9 cm³/mol. The van der Waals surface area contributed by atoms with Crippen molar-refractivity contribution in [3.8, 4) is 5.75 Å². The van der Waals surface area contributed by atoms with E-state index >= 15 is 0 Å². The van der Waals surface area contributed by atoms with Gasteiger partial charge in [0.15, 0.2) is 10.7 Å². The number of halogens is 2. The number of hydrogen-bond acceptors (Lipinski definition) is 8. The lowest BCUT2D eigenvalue weighted by molar-refractivity contribution is -0.0000175. The van der Waals surface area contributed by atoms with Crippen LogP contribution in [-0.4, -0.2) is 46.0 Å². The van der Waals surface area contributed by atoms with Crippen molar-refractivity contribution in [2.75, 3.05) is 7.11 Å². The molecule has 0 fully saturated rings. The molecule has 0 aromatic heterocycles. The molecular weight excluding hydrogens is 575 g/mol. The van der Waals surface area contributed by atoms with Crippen molar-refractivity contribution in [2.24, 2.45) is 0 Å². The summed E-state index contributed by atoms with van der Waals surface area (Å²) in [5, 5.41) is 8.87. The SMILES string of the molecule is COc1c(I)c(S(=O)(=O)O)c(S(=O)(=O)O)c([N+]#N)c1S(=O)(=O)O.[Br-]. The van der Waals surface area contributed by atoms with Crippen LogP contribution in [0.5, 0.6) is 5.75 Å². The van der Waals surface area contributed by atoms with Gasteiger partial charge in [0.05, 0.1) is 10.7 Å². The van der Waals surface area contributed by atoms with Gasteiger partial charge in [-0.3, -0.25) is 13.7 Å². The van der Waals surface area contributed by atoms with E-state index in [1.54, 1.807) is 0 Å². The second-order valence-corrected chi connectivity index (χ2v) is 8.86. The zero-order valence-electron chi connectivity index (χ0n) is 11.1. The Kier molecular flexibility index (Phi) is 7.13. The van der Waals surface area contributed by atoms with Crippen molar-refractivity contribution in [3.63, 3.8) is 0 Å². The summed E-state index contributed by atoms with van der Waals surface area (Å²) >= 11 is 1.09. The van der Waals surface area contributed by atoms with Crippen molar-refractivity contribution in [1.82, 2.24) is 0 Å². The van der Waals surface area contributed by atoms with E-state index in [-0.39, 0.29) is 17.0 Å². The molecule has 3 N–H and O–H groups in total. The minimum absolute atomic E-state index is 0. The summed E-state index contributed by atoms with van der Waals surface area (Å²) in [4.78, 5) is -2.37. The Balaban J connectivity index is 0.00000529. The van der Waals surface area contributed by atoms with Gasteiger partial charge < -0.3 is 21.7 Å². The van der Waals surface area contributed by atoms with E-state index in [0.29, 0.717) is 0 Å². The van der Waals surface area contributed by atoms with Crippen LogP contribution in [0.3, 0.4) is 0 Å². The predicted octanol–water partition coefficient (Wildman–Crippen LogP) is -2.47. The Morgan fingerprint density at radius 1 is 0.917 bits per heavy atom. The van der Waals surface area contributed by atoms with Gasteiger partial charge >= 0.3 is 25.9 Å². The fraction of sp³-hybridized carbons (Fsp3) is 0.143. The zero-order chi connectivity index (χ0) is 18.4. The first-order valence-electron chi connectivity index (χ1n) is 4.89. The first-order valence-corrected chi connectivity index (χ1v) is 10.3. The number of benzene rings is 1. The average molecular weight is 581 g/mol. The maximum Gasteiger partial charge on any atom is 0.432 e. The summed E-state index contributed by atoms with van der Waals surface area (Å²) in [5.74, 6) is -0.930. The third kappa shape index (κ3) is 4.31. The van der Waals surface area contributed by atoms with Crippen LogP contribution in [0.1, 0.15) is 0 Å². The average Bonchev–Trinajstić information content (AvgIpc) is 2.33. The molecule has 0 unspecified atom stereocenters. The molecule has 0 amide bonds. The Hall–Kier alpha value is -0.620. The van der Waals surface area contributed by atoms with Gasteiger partial charge in [-0.1, -0.05) is 0 Å². The minimum atomic E-state index is -5.52. The zero-order valence-corrected chi connectivity index (χ0v) is 17.3. The van der Waals surface area contributed by atoms with Gasteiger partial charge in [-0.2, -0.15) is 25.3 Å². The Labute approximate surface area is 160 Å². The van der Waals surface area contributed by atoms with Gasteiger partial charge in [0, 0.05) is 0 Å². The van der Waals surface area contributed by atoms with Crippen molar-refractivity contribution >= 4 is 58.6 Å². The smallest absolute Gasteiger partial charge is 0.432 e. The van der Waals surface area contributed by atoms with E-state index < -0.39 is 60.0 Å². The summed E-state index contributed by atoms with van der Waals surface area (Å²) in [7, 11) is -15.3. The molecular formula is C7H6BrIN2O10S3. The number of ether oxygens (including phenoxy) is 1. The largest absolute Gasteiger partial charge is 1.00 e. The van der Waals surface area contributed by atoms with Crippen LogP contribution in [0.2, 0.25) is 0 Å². The van der Waals surface area contributed by atoms with Gasteiger partial charge in [-0.25, -0.2) is 0 Å². The van der Waals surface area contributed by atoms with Crippen LogP contribution >= 0.6 is 22.6 Å². The van der Waals surface area contributed by atoms with Gasteiger partial charge in [0.25, 0.3) is 10.1 Å². The molecule has 136 valence electrons. The molecule has 12 nitrogen and oxygen atoms in total. The number of hydrogen-bond donors (Lipinski definition) is 3. The lowest BCUT2D eigenvalue weighted by Crippen LogP contribution is -3.00. The van der Waals surface area contributed by atoms with Crippen molar-refractivity contribution in [3.05, 3.63) is 8.55 Å². The van der Waals surface area contributed by atoms with Gasteiger partial charge in [0.2, 0.25) is 15.2 Å². The third-order valence-electron chi connectivity index (χ3n) is 2.32. The normalized spacial score (nSPS) is 12.2. The van der Waals surface area contributed by atoms with E-state index in [1.165, 1.54) is 0 Å². The molecule has 0 atom stereocenters. The molecule has 0 heterocycles. The van der Waals surface area contributed by atoms with Crippen molar-refractivity contribution in [2.45, 2.75) is 14.7 Å². The van der Waals surface area contributed by atoms with Gasteiger partial charge in [-0.05, 0) is 22.6 Å². The number of methoxy groups -OCH3 is 1. The Morgan fingerprint density at radius 3 is 1.54 bits per heavy atom. The number of rotatable bonds is 4. The number of nitrogens with zero attached hydrogens (tertiary/aromatic N) is 2. The molecule has 0 saturated heterocycles. The van der Waals surface area contributed by atoms with Crippen LogP contribution in [0, 0.1) is 8.96 Å². The van der Waals surface area contributed by atoms with Crippen molar-refractivity contribution in [1.29, 1.82) is 5.39 Å². The molecule has 1 aromatic carbocycles. The first-order chi connectivity index (χ1) is 10.2. The Morgan fingerprint density at radius 2 is 1.29 bits per heavy atom. The molecule has 17 heteroatoms. The Bertz CT molecular complexity index is 1040. The van der Waals surface area contributed by atoms with Crippen LogP contribution in [0.15, 0.2) is 14.7 Å². The highest BCUT2D eigenvalue weighted by atomic mass is 127. The van der Waals surface area contributed by atoms with E-state index in [1.807, 2.05) is 0 Å². The second-order valence-electron chi connectivity index (χ2n) is 3.71. The van der Waals surface area contributed by atoms with Crippen LogP contribution < -0.4 is 21.7 Å². The molecule has 0 saturated carbocycles. The highest BCUT2D eigenvalue weighted by molar-refractivity contribution is 14.1. The van der Waals surface area contributed by atoms with Crippen molar-refractivity contribution < 1.29 is 60.6 Å².